The Hall–Kier alpha value is -4.31. The number of hydrogen-bond acceptors (Lipinski definition) is 9. The highest BCUT2D eigenvalue weighted by atomic mass is 16.5. The molecule has 1 fully saturated rings. The first-order valence-electron chi connectivity index (χ1n) is 16.7. The van der Waals surface area contributed by atoms with Crippen molar-refractivity contribution in [3.8, 4) is 0 Å². The molecule has 16 nitrogen and oxygen atoms in total. The summed E-state index contributed by atoms with van der Waals surface area (Å²) in [5.41, 5.74) is 0.422. The van der Waals surface area contributed by atoms with Crippen LogP contribution in [-0.4, -0.2) is 124 Å². The van der Waals surface area contributed by atoms with Gasteiger partial charge in [-0.1, -0.05) is 27.0 Å². The van der Waals surface area contributed by atoms with E-state index in [1.54, 1.807) is 6.92 Å². The van der Waals surface area contributed by atoms with E-state index in [9.17, 15) is 33.6 Å². The molecule has 0 saturated carbocycles. The number of nitrogens with one attached hydrogen (secondary N) is 6. The molecule has 1 rings (SSSR count). The van der Waals surface area contributed by atoms with Crippen molar-refractivity contribution in [2.45, 2.75) is 77.9 Å². The van der Waals surface area contributed by atoms with Crippen LogP contribution in [0.4, 0.5) is 0 Å². The summed E-state index contributed by atoms with van der Waals surface area (Å²) in [6.07, 6.45) is 3.72. The third kappa shape index (κ3) is 18.1. The first-order valence-corrected chi connectivity index (χ1v) is 16.7. The van der Waals surface area contributed by atoms with Crippen LogP contribution in [0.5, 0.6) is 0 Å². The smallest absolute Gasteiger partial charge is 0.246 e. The number of hydrogen-bond donors (Lipinski definition) is 6. The zero-order valence-electron chi connectivity index (χ0n) is 29.3. The Bertz CT molecular complexity index is 1160. The van der Waals surface area contributed by atoms with Crippen molar-refractivity contribution in [3.63, 3.8) is 0 Å². The van der Waals surface area contributed by atoms with Crippen molar-refractivity contribution in [1.29, 1.82) is 0 Å². The highest BCUT2D eigenvalue weighted by Gasteiger charge is 2.36. The Morgan fingerprint density at radius 3 is 2.22 bits per heavy atom. The van der Waals surface area contributed by atoms with Gasteiger partial charge < -0.3 is 46.3 Å². The number of carbonyl (C=O) groups excluding carboxylic acids is 7. The molecule has 1 aliphatic rings. The van der Waals surface area contributed by atoms with Crippen LogP contribution in [0.15, 0.2) is 24.8 Å². The van der Waals surface area contributed by atoms with Gasteiger partial charge in [-0.05, 0) is 57.9 Å². The zero-order chi connectivity index (χ0) is 36.8. The van der Waals surface area contributed by atoms with Crippen molar-refractivity contribution >= 4 is 41.4 Å². The first-order chi connectivity index (χ1) is 23.3. The molecule has 0 aliphatic carbocycles. The maximum Gasteiger partial charge on any atom is 0.246 e. The summed E-state index contributed by atoms with van der Waals surface area (Å²) in [6.45, 7) is 15.5. The summed E-state index contributed by atoms with van der Waals surface area (Å²) < 4.78 is 10.7. The number of amides is 7. The fourth-order valence-corrected chi connectivity index (χ4v) is 4.66. The lowest BCUT2D eigenvalue weighted by Gasteiger charge is -2.27. The van der Waals surface area contributed by atoms with Crippen LogP contribution in [0.3, 0.4) is 0 Å². The molecule has 276 valence electrons. The molecule has 0 aromatic rings. The lowest BCUT2D eigenvalue weighted by Crippen LogP contribution is -2.54. The minimum absolute atomic E-state index is 0.137. The number of rotatable bonds is 24. The first kappa shape index (κ1) is 42.7. The van der Waals surface area contributed by atoms with Crippen LogP contribution in [0.1, 0.15) is 59.8 Å². The number of carbonyl (C=O) groups is 7. The number of likely N-dealkylation sites (tertiary alicyclic amines) is 1. The van der Waals surface area contributed by atoms with Gasteiger partial charge in [-0.15, -0.1) is 0 Å². The molecule has 16 heteroatoms. The van der Waals surface area contributed by atoms with Gasteiger partial charge in [0.25, 0.3) is 0 Å². The topological polar surface area (TPSA) is 213 Å². The molecule has 1 heterocycles. The van der Waals surface area contributed by atoms with Gasteiger partial charge >= 0.3 is 0 Å². The summed E-state index contributed by atoms with van der Waals surface area (Å²) in [7, 11) is 0. The maximum atomic E-state index is 12.9. The Labute approximate surface area is 288 Å². The predicted octanol–water partition coefficient (Wildman–Crippen LogP) is -0.947. The summed E-state index contributed by atoms with van der Waals surface area (Å²) >= 11 is 0. The van der Waals surface area contributed by atoms with Gasteiger partial charge in [0.1, 0.15) is 24.7 Å². The molecule has 49 heavy (non-hydrogen) atoms. The molecular weight excluding hydrogens is 638 g/mol. The highest BCUT2D eigenvalue weighted by Crippen LogP contribution is 2.18. The minimum Gasteiger partial charge on any atom is -0.377 e. The standard InChI is InChI=1S/C33H55N7O9/c1-7-27(41)38-24(6)33(47)40-16-8-10-26(40)32(46)37-20-28(42)39-25(12-11-22(2)3)31(45)36-15-17-48-18-19-49-21-29(43)34-13-9-14-35-30(44)23(4)5/h7,22,24-26H,1,4,8-21H2,2-3,5-6H3,(H,34,43)(H,35,44)(H,36,45)(H,37,46)(H,38,41)(H,39,42)/t24-,25-,26?/m0/s1. The van der Waals surface area contributed by atoms with E-state index in [4.69, 9.17) is 9.47 Å². The second-order valence-corrected chi connectivity index (χ2v) is 12.1. The summed E-state index contributed by atoms with van der Waals surface area (Å²) in [5.74, 6) is -2.56. The van der Waals surface area contributed by atoms with E-state index in [0.29, 0.717) is 57.3 Å². The second-order valence-electron chi connectivity index (χ2n) is 12.1. The number of nitrogens with zero attached hydrogens (tertiary/aromatic N) is 1. The van der Waals surface area contributed by atoms with Crippen LogP contribution in [0, 0.1) is 5.92 Å². The van der Waals surface area contributed by atoms with Crippen LogP contribution >= 0.6 is 0 Å². The van der Waals surface area contributed by atoms with Crippen molar-refractivity contribution in [2.24, 2.45) is 5.92 Å². The fourth-order valence-electron chi connectivity index (χ4n) is 4.66. The van der Waals surface area contributed by atoms with Gasteiger partial charge in [0.15, 0.2) is 0 Å². The summed E-state index contributed by atoms with van der Waals surface area (Å²) in [6, 6.07) is -2.44. The molecule has 1 unspecified atom stereocenters. The van der Waals surface area contributed by atoms with E-state index in [0.717, 1.165) is 6.08 Å². The molecule has 6 N–H and O–H groups in total. The van der Waals surface area contributed by atoms with Gasteiger partial charge in [0.2, 0.25) is 41.4 Å². The van der Waals surface area contributed by atoms with E-state index >= 15 is 0 Å². The van der Waals surface area contributed by atoms with Gasteiger partial charge in [-0.25, -0.2) is 0 Å². The molecule has 0 aromatic heterocycles. The fraction of sp³-hybridized carbons (Fsp3) is 0.667. The van der Waals surface area contributed by atoms with E-state index in [1.807, 2.05) is 13.8 Å². The Morgan fingerprint density at radius 2 is 1.55 bits per heavy atom. The van der Waals surface area contributed by atoms with Crippen LogP contribution in [0.25, 0.3) is 0 Å². The van der Waals surface area contributed by atoms with Gasteiger partial charge in [0.05, 0.1) is 26.4 Å². The SMILES string of the molecule is C=CC(=O)N[C@@H](C)C(=O)N1CCCC1C(=O)NCC(=O)N[C@@H](CCC(C)C)C(=O)NCCOCCOCC(=O)NCCCNC(=O)C(=C)C. The highest BCUT2D eigenvalue weighted by molar-refractivity contribution is 5.96. The molecule has 1 saturated heterocycles. The lowest BCUT2D eigenvalue weighted by molar-refractivity contribution is -0.141. The molecule has 0 radical (unpaired) electrons. The lowest BCUT2D eigenvalue weighted by atomic mass is 10.0. The molecule has 0 aromatic carbocycles. The van der Waals surface area contributed by atoms with Gasteiger partial charge in [0, 0.05) is 31.8 Å². The van der Waals surface area contributed by atoms with Crippen molar-refractivity contribution in [1.82, 2.24) is 36.8 Å². The molecular formula is C33H55N7O9. The van der Waals surface area contributed by atoms with E-state index in [-0.39, 0.29) is 63.2 Å². The number of ether oxygens (including phenoxy) is 2. The normalized spacial score (nSPS) is 15.0. The average Bonchev–Trinajstić information content (AvgIpc) is 3.55. The van der Waals surface area contributed by atoms with Crippen LogP contribution < -0.4 is 31.9 Å². The van der Waals surface area contributed by atoms with E-state index in [1.165, 1.54) is 11.8 Å². The summed E-state index contributed by atoms with van der Waals surface area (Å²) in [5, 5.41) is 15.8. The quantitative estimate of drug-likeness (QED) is 0.0543. The molecule has 3 atom stereocenters. The van der Waals surface area contributed by atoms with Gasteiger partial charge in [-0.2, -0.15) is 0 Å². The maximum absolute atomic E-state index is 12.9. The van der Waals surface area contributed by atoms with Crippen molar-refractivity contribution in [2.75, 3.05) is 59.2 Å². The molecule has 0 spiro atoms. The monoisotopic (exact) mass is 693 g/mol. The molecule has 7 amide bonds. The third-order valence-corrected chi connectivity index (χ3v) is 7.36. The van der Waals surface area contributed by atoms with Crippen molar-refractivity contribution < 1.29 is 43.0 Å². The Balaban J connectivity index is 2.37. The van der Waals surface area contributed by atoms with E-state index in [2.05, 4.69) is 45.1 Å². The zero-order valence-corrected chi connectivity index (χ0v) is 29.3. The molecule has 1 aliphatic heterocycles. The third-order valence-electron chi connectivity index (χ3n) is 7.36. The summed E-state index contributed by atoms with van der Waals surface area (Å²) in [4.78, 5) is 87.5. The molecule has 0 bridgehead atoms. The Morgan fingerprint density at radius 1 is 0.857 bits per heavy atom. The predicted molar refractivity (Wildman–Crippen MR) is 182 cm³/mol. The Kier molecular flexibility index (Phi) is 20.9. The average molecular weight is 694 g/mol. The minimum atomic E-state index is -0.842. The van der Waals surface area contributed by atoms with Gasteiger partial charge in [-0.3, -0.25) is 33.6 Å². The van der Waals surface area contributed by atoms with Crippen LogP contribution in [0.2, 0.25) is 0 Å². The van der Waals surface area contributed by atoms with E-state index < -0.39 is 41.8 Å². The van der Waals surface area contributed by atoms with Crippen molar-refractivity contribution in [3.05, 3.63) is 24.8 Å². The largest absolute Gasteiger partial charge is 0.377 e. The second kappa shape index (κ2) is 23.9. The van der Waals surface area contributed by atoms with Crippen LogP contribution in [-0.2, 0) is 43.0 Å².